The molecule has 5 atom stereocenters. The van der Waals surface area contributed by atoms with Crippen molar-refractivity contribution in [3.63, 3.8) is 0 Å². The van der Waals surface area contributed by atoms with Crippen LogP contribution in [0.2, 0.25) is 0 Å². The molecule has 3 N–H and O–H groups in total. The molecule has 0 unspecified atom stereocenters. The zero-order valence-electron chi connectivity index (χ0n) is 14.9. The number of hydrogen-bond acceptors (Lipinski definition) is 4. The molecule has 2 aliphatic rings. The van der Waals surface area contributed by atoms with Crippen molar-refractivity contribution in [1.82, 2.24) is 0 Å². The van der Waals surface area contributed by atoms with Crippen LogP contribution < -0.4 is 0 Å². The molecule has 2 aliphatic carbocycles. The summed E-state index contributed by atoms with van der Waals surface area (Å²) in [5, 5.41) is 30.3. The van der Waals surface area contributed by atoms with Crippen molar-refractivity contribution in [2.24, 2.45) is 22.7 Å². The maximum Gasteiger partial charge on any atom is 0.332 e. The molecule has 3 rings (SSSR count). The summed E-state index contributed by atoms with van der Waals surface area (Å²) in [5.74, 6) is -0.694. The summed E-state index contributed by atoms with van der Waals surface area (Å²) in [5.41, 5.74) is 0.399. The number of aryl methyl sites for hydroxylation is 1. The fraction of sp³-hybridized carbons (Fsp3) is 0.650. The third-order valence-electron chi connectivity index (χ3n) is 7.03. The number of aliphatic carboxylic acids is 1. The van der Waals surface area contributed by atoms with Crippen LogP contribution in [0.1, 0.15) is 45.1 Å². The van der Waals surface area contributed by atoms with Gasteiger partial charge in [0, 0.05) is 11.0 Å². The van der Waals surface area contributed by atoms with Gasteiger partial charge in [-0.25, -0.2) is 4.79 Å². The second-order valence-corrected chi connectivity index (χ2v) is 8.13. The predicted octanol–water partition coefficient (Wildman–Crippen LogP) is 3.02. The Morgan fingerprint density at radius 2 is 2.20 bits per heavy atom. The van der Waals surface area contributed by atoms with Gasteiger partial charge in [-0.3, -0.25) is 0 Å². The number of aliphatic hydroxyl groups is 2. The van der Waals surface area contributed by atoms with E-state index in [1.165, 1.54) is 6.08 Å². The molecule has 1 aromatic rings. The Labute approximate surface area is 148 Å². The van der Waals surface area contributed by atoms with Gasteiger partial charge in [0.2, 0.25) is 0 Å². The van der Waals surface area contributed by atoms with E-state index in [1.807, 2.05) is 6.07 Å². The van der Waals surface area contributed by atoms with E-state index in [4.69, 9.17) is 4.42 Å². The van der Waals surface area contributed by atoms with Crippen LogP contribution in [-0.2, 0) is 11.2 Å². The highest BCUT2D eigenvalue weighted by Crippen LogP contribution is 2.61. The summed E-state index contributed by atoms with van der Waals surface area (Å²) in [4.78, 5) is 11.9. The summed E-state index contributed by atoms with van der Waals surface area (Å²) >= 11 is 0. The second kappa shape index (κ2) is 6.61. The molecule has 0 radical (unpaired) electrons. The monoisotopic (exact) mass is 348 g/mol. The van der Waals surface area contributed by atoms with E-state index < -0.39 is 17.5 Å². The lowest BCUT2D eigenvalue weighted by atomic mass is 9.46. The van der Waals surface area contributed by atoms with Crippen molar-refractivity contribution in [2.45, 2.75) is 52.1 Å². The molecule has 0 saturated heterocycles. The number of fused-ring (bicyclic) bond motifs is 1. The van der Waals surface area contributed by atoms with E-state index in [0.717, 1.165) is 24.8 Å². The molecule has 1 aromatic heterocycles. The third kappa shape index (κ3) is 2.93. The highest BCUT2D eigenvalue weighted by atomic mass is 16.4. The van der Waals surface area contributed by atoms with Crippen molar-refractivity contribution in [3.8, 4) is 0 Å². The fourth-order valence-electron chi connectivity index (χ4n) is 5.27. The van der Waals surface area contributed by atoms with Crippen LogP contribution in [0, 0.1) is 22.7 Å². The predicted molar refractivity (Wildman–Crippen MR) is 92.9 cm³/mol. The Hall–Kier alpha value is -1.59. The van der Waals surface area contributed by atoms with Gasteiger partial charge in [0.1, 0.15) is 0 Å². The van der Waals surface area contributed by atoms with Crippen LogP contribution in [0.3, 0.4) is 0 Å². The van der Waals surface area contributed by atoms with Crippen molar-refractivity contribution in [3.05, 3.63) is 35.8 Å². The quantitative estimate of drug-likeness (QED) is 0.761. The molecule has 1 saturated carbocycles. The number of aliphatic hydroxyl groups excluding tert-OH is 2. The minimum atomic E-state index is -1.02. The van der Waals surface area contributed by atoms with Crippen molar-refractivity contribution >= 4 is 5.97 Å². The van der Waals surface area contributed by atoms with Crippen LogP contribution in [0.4, 0.5) is 0 Å². The third-order valence-corrected chi connectivity index (χ3v) is 7.03. The fourth-order valence-corrected chi connectivity index (χ4v) is 5.27. The first-order valence-electron chi connectivity index (χ1n) is 9.09. The number of carboxylic acids is 1. The van der Waals surface area contributed by atoms with Crippen LogP contribution >= 0.6 is 0 Å². The molecular formula is C20H28O5. The Bertz CT molecular complexity index is 649. The maximum atomic E-state index is 11.9. The number of carbonyl (C=O) groups is 1. The number of carboxylic acid groups (broad SMARTS) is 1. The lowest BCUT2D eigenvalue weighted by Crippen LogP contribution is -2.55. The van der Waals surface area contributed by atoms with Gasteiger partial charge in [-0.15, -0.1) is 0 Å². The molecule has 0 aromatic carbocycles. The van der Waals surface area contributed by atoms with Gasteiger partial charge in [-0.05, 0) is 67.1 Å². The van der Waals surface area contributed by atoms with Gasteiger partial charge >= 0.3 is 5.97 Å². The largest absolute Gasteiger partial charge is 0.478 e. The zero-order chi connectivity index (χ0) is 18.2. The van der Waals surface area contributed by atoms with Gasteiger partial charge in [-0.1, -0.05) is 13.8 Å². The molecule has 5 nitrogen and oxygen atoms in total. The molecule has 0 bridgehead atoms. The van der Waals surface area contributed by atoms with Crippen molar-refractivity contribution in [2.75, 3.05) is 6.61 Å². The van der Waals surface area contributed by atoms with Crippen LogP contribution in [0.25, 0.3) is 0 Å². The molecule has 138 valence electrons. The number of hydrogen-bond donors (Lipinski definition) is 3. The van der Waals surface area contributed by atoms with Gasteiger partial charge in [0.15, 0.2) is 0 Å². The smallest absolute Gasteiger partial charge is 0.332 e. The Morgan fingerprint density at radius 3 is 2.80 bits per heavy atom. The molecule has 0 aliphatic heterocycles. The van der Waals surface area contributed by atoms with E-state index in [-0.39, 0.29) is 23.5 Å². The maximum absolute atomic E-state index is 11.9. The first-order valence-corrected chi connectivity index (χ1v) is 9.09. The Kier molecular flexibility index (Phi) is 4.82. The molecular weight excluding hydrogens is 320 g/mol. The first-order chi connectivity index (χ1) is 11.8. The zero-order valence-corrected chi connectivity index (χ0v) is 14.9. The van der Waals surface area contributed by atoms with Gasteiger partial charge in [0.05, 0.1) is 25.2 Å². The summed E-state index contributed by atoms with van der Waals surface area (Å²) in [7, 11) is 0. The van der Waals surface area contributed by atoms with E-state index in [1.54, 1.807) is 12.5 Å². The minimum Gasteiger partial charge on any atom is -0.478 e. The van der Waals surface area contributed by atoms with Crippen LogP contribution in [0.5, 0.6) is 0 Å². The SMILES string of the molecule is C[C@@H]1CC[C@]2(CO)C(C(=O)O)=C[C@@H](O)C[C@@H]2[C@@]1(C)CCc1ccoc1. The van der Waals surface area contributed by atoms with Crippen LogP contribution in [-0.4, -0.2) is 34.0 Å². The van der Waals surface area contributed by atoms with E-state index in [2.05, 4.69) is 13.8 Å². The molecule has 0 spiro atoms. The van der Waals surface area contributed by atoms with E-state index in [9.17, 15) is 20.1 Å². The van der Waals surface area contributed by atoms with Gasteiger partial charge in [-0.2, -0.15) is 0 Å². The molecule has 0 amide bonds. The average Bonchev–Trinajstić information content (AvgIpc) is 3.10. The highest BCUT2D eigenvalue weighted by Gasteiger charge is 2.58. The van der Waals surface area contributed by atoms with Crippen LogP contribution in [0.15, 0.2) is 34.7 Å². The summed E-state index contributed by atoms with van der Waals surface area (Å²) in [6.07, 6.45) is 7.84. The van der Waals surface area contributed by atoms with E-state index >= 15 is 0 Å². The lowest BCUT2D eigenvalue weighted by molar-refractivity contribution is -0.141. The van der Waals surface area contributed by atoms with E-state index in [0.29, 0.717) is 18.8 Å². The number of furan rings is 1. The summed E-state index contributed by atoms with van der Waals surface area (Å²) < 4.78 is 5.16. The first kappa shape index (κ1) is 18.2. The standard InChI is InChI=1S/C20H28O5/c1-13-3-7-20(12-21)16(18(23)24)9-15(22)10-17(20)19(13,2)6-4-14-5-8-25-11-14/h5,8-9,11,13,15,17,21-22H,3-4,6-7,10,12H2,1-2H3,(H,23,24)/t13-,15-,17-,19+,20+/m1/s1. The Balaban J connectivity index is 1.98. The van der Waals surface area contributed by atoms with Crippen molar-refractivity contribution in [1.29, 1.82) is 0 Å². The topological polar surface area (TPSA) is 90.9 Å². The molecule has 1 heterocycles. The summed E-state index contributed by atoms with van der Waals surface area (Å²) in [6, 6.07) is 1.95. The molecule has 1 fully saturated rings. The summed E-state index contributed by atoms with van der Waals surface area (Å²) in [6.45, 7) is 4.22. The lowest BCUT2D eigenvalue weighted by Gasteiger charge is -2.58. The number of rotatable bonds is 5. The average molecular weight is 348 g/mol. The molecule has 5 heteroatoms. The Morgan fingerprint density at radius 1 is 1.44 bits per heavy atom. The van der Waals surface area contributed by atoms with Gasteiger partial charge in [0.25, 0.3) is 0 Å². The minimum absolute atomic E-state index is 0.0632. The van der Waals surface area contributed by atoms with Gasteiger partial charge < -0.3 is 19.7 Å². The normalized spacial score (nSPS) is 38.1. The second-order valence-electron chi connectivity index (χ2n) is 8.13. The highest BCUT2D eigenvalue weighted by molar-refractivity contribution is 5.89. The van der Waals surface area contributed by atoms with Crippen molar-refractivity contribution < 1.29 is 24.5 Å². The molecule has 25 heavy (non-hydrogen) atoms.